The summed E-state index contributed by atoms with van der Waals surface area (Å²) < 4.78 is 0. The van der Waals surface area contributed by atoms with E-state index < -0.39 is 0 Å². The first-order valence-electron chi connectivity index (χ1n) is 8.28. The number of piperidine rings is 2. The van der Waals surface area contributed by atoms with Crippen LogP contribution in [0.4, 0.5) is 5.82 Å². The molecule has 1 saturated carbocycles. The molecule has 4 heteroatoms. The number of likely N-dealkylation sites (tertiary alicyclic amines) is 1. The standard InChI is InChI=1S/C17H23N3O/c21-17(20-11-13-6-7-15(20)10-13)14-4-3-9-19(12-14)16-5-1-2-8-18-16/h1-2,5,8,13-15H,3-4,6-7,9-12H2. The highest BCUT2D eigenvalue weighted by molar-refractivity contribution is 5.80. The third-order valence-electron chi connectivity index (χ3n) is 5.44. The van der Waals surface area contributed by atoms with E-state index in [0.717, 1.165) is 44.2 Å². The Balaban J connectivity index is 1.44. The molecule has 2 saturated heterocycles. The zero-order chi connectivity index (χ0) is 14.2. The lowest BCUT2D eigenvalue weighted by molar-refractivity contribution is -0.137. The highest BCUT2D eigenvalue weighted by Gasteiger charge is 2.42. The first-order valence-corrected chi connectivity index (χ1v) is 8.28. The molecule has 2 aliphatic heterocycles. The van der Waals surface area contributed by atoms with E-state index in [1.807, 2.05) is 24.4 Å². The molecule has 1 aromatic heterocycles. The number of anilines is 1. The first kappa shape index (κ1) is 13.1. The van der Waals surface area contributed by atoms with E-state index in [2.05, 4.69) is 14.8 Å². The lowest BCUT2D eigenvalue weighted by Gasteiger charge is -2.37. The van der Waals surface area contributed by atoms with Gasteiger partial charge >= 0.3 is 0 Å². The number of carbonyl (C=O) groups is 1. The fourth-order valence-electron chi connectivity index (χ4n) is 4.36. The molecule has 4 nitrogen and oxygen atoms in total. The Morgan fingerprint density at radius 2 is 2.14 bits per heavy atom. The zero-order valence-corrected chi connectivity index (χ0v) is 12.4. The van der Waals surface area contributed by atoms with Crippen LogP contribution in [0, 0.1) is 11.8 Å². The van der Waals surface area contributed by atoms with Crippen molar-refractivity contribution in [3.05, 3.63) is 24.4 Å². The van der Waals surface area contributed by atoms with Gasteiger partial charge in [0.25, 0.3) is 0 Å². The molecule has 0 radical (unpaired) electrons. The van der Waals surface area contributed by atoms with Gasteiger partial charge in [0.05, 0.1) is 5.92 Å². The number of rotatable bonds is 2. The highest BCUT2D eigenvalue weighted by atomic mass is 16.2. The quantitative estimate of drug-likeness (QED) is 0.836. The summed E-state index contributed by atoms with van der Waals surface area (Å²) in [7, 11) is 0. The van der Waals surface area contributed by atoms with Crippen LogP contribution in [0.5, 0.6) is 0 Å². The maximum Gasteiger partial charge on any atom is 0.227 e. The van der Waals surface area contributed by atoms with Gasteiger partial charge in [0.2, 0.25) is 5.91 Å². The van der Waals surface area contributed by atoms with E-state index in [1.54, 1.807) is 0 Å². The molecule has 21 heavy (non-hydrogen) atoms. The number of carbonyl (C=O) groups excluding carboxylic acids is 1. The van der Waals surface area contributed by atoms with Crippen molar-refractivity contribution in [2.24, 2.45) is 11.8 Å². The number of pyridine rings is 1. The van der Waals surface area contributed by atoms with Gasteiger partial charge in [-0.2, -0.15) is 0 Å². The second-order valence-corrected chi connectivity index (χ2v) is 6.80. The second kappa shape index (κ2) is 5.32. The van der Waals surface area contributed by atoms with Crippen LogP contribution in [0.1, 0.15) is 32.1 Å². The molecule has 0 aromatic carbocycles. The summed E-state index contributed by atoms with van der Waals surface area (Å²) in [5.41, 5.74) is 0. The predicted molar refractivity (Wildman–Crippen MR) is 82.0 cm³/mol. The minimum Gasteiger partial charge on any atom is -0.356 e. The molecule has 3 atom stereocenters. The van der Waals surface area contributed by atoms with E-state index in [4.69, 9.17) is 0 Å². The minimum atomic E-state index is 0.167. The molecule has 1 aromatic rings. The lowest BCUT2D eigenvalue weighted by Crippen LogP contribution is -2.47. The Hall–Kier alpha value is -1.58. The van der Waals surface area contributed by atoms with E-state index in [0.29, 0.717) is 11.9 Å². The second-order valence-electron chi connectivity index (χ2n) is 6.80. The number of fused-ring (bicyclic) bond motifs is 2. The first-order chi connectivity index (χ1) is 10.3. The van der Waals surface area contributed by atoms with Gasteiger partial charge in [0, 0.05) is 31.9 Å². The number of hydrogen-bond acceptors (Lipinski definition) is 3. The summed E-state index contributed by atoms with van der Waals surface area (Å²) in [6, 6.07) is 6.56. The fourth-order valence-corrected chi connectivity index (χ4v) is 4.36. The summed E-state index contributed by atoms with van der Waals surface area (Å²) in [4.78, 5) is 21.8. The van der Waals surface area contributed by atoms with Crippen molar-refractivity contribution in [1.82, 2.24) is 9.88 Å². The zero-order valence-electron chi connectivity index (χ0n) is 12.4. The van der Waals surface area contributed by atoms with Crippen molar-refractivity contribution in [2.45, 2.75) is 38.1 Å². The Kier molecular flexibility index (Phi) is 3.32. The summed E-state index contributed by atoms with van der Waals surface area (Å²) in [5, 5.41) is 0. The summed E-state index contributed by atoms with van der Waals surface area (Å²) in [6.45, 7) is 2.88. The Morgan fingerprint density at radius 1 is 1.19 bits per heavy atom. The molecule has 2 bridgehead atoms. The van der Waals surface area contributed by atoms with E-state index in [9.17, 15) is 4.79 Å². The molecule has 112 valence electrons. The molecular formula is C17H23N3O. The summed E-state index contributed by atoms with van der Waals surface area (Å²) >= 11 is 0. The Labute approximate surface area is 126 Å². The molecule has 0 spiro atoms. The molecule has 1 amide bonds. The van der Waals surface area contributed by atoms with E-state index in [1.165, 1.54) is 19.3 Å². The largest absolute Gasteiger partial charge is 0.356 e. The van der Waals surface area contributed by atoms with Gasteiger partial charge in [-0.15, -0.1) is 0 Å². The molecule has 1 aliphatic carbocycles. The Bertz CT molecular complexity index is 518. The van der Waals surface area contributed by atoms with Crippen LogP contribution in [0.15, 0.2) is 24.4 Å². The maximum atomic E-state index is 12.8. The van der Waals surface area contributed by atoms with E-state index in [-0.39, 0.29) is 5.92 Å². The molecule has 4 rings (SSSR count). The average molecular weight is 285 g/mol. The molecule has 0 N–H and O–H groups in total. The summed E-state index contributed by atoms with van der Waals surface area (Å²) in [6.07, 6.45) is 7.78. The van der Waals surface area contributed by atoms with Crippen molar-refractivity contribution in [3.63, 3.8) is 0 Å². The number of nitrogens with zero attached hydrogens (tertiary/aromatic N) is 3. The average Bonchev–Trinajstić information content (AvgIpc) is 3.18. The predicted octanol–water partition coefficient (Wildman–Crippen LogP) is 2.31. The van der Waals surface area contributed by atoms with Crippen molar-refractivity contribution in [1.29, 1.82) is 0 Å². The van der Waals surface area contributed by atoms with Crippen molar-refractivity contribution in [3.8, 4) is 0 Å². The van der Waals surface area contributed by atoms with Crippen LogP contribution >= 0.6 is 0 Å². The van der Waals surface area contributed by atoms with Crippen molar-refractivity contribution in [2.75, 3.05) is 24.5 Å². The van der Waals surface area contributed by atoms with Gasteiger partial charge in [-0.1, -0.05) is 6.07 Å². The molecular weight excluding hydrogens is 262 g/mol. The molecule has 3 unspecified atom stereocenters. The fraction of sp³-hybridized carbons (Fsp3) is 0.647. The molecule has 3 heterocycles. The third kappa shape index (κ3) is 2.41. The molecule has 3 aliphatic rings. The van der Waals surface area contributed by atoms with Crippen LogP contribution < -0.4 is 4.90 Å². The number of hydrogen-bond donors (Lipinski definition) is 0. The highest BCUT2D eigenvalue weighted by Crippen LogP contribution is 2.38. The number of amides is 1. The van der Waals surface area contributed by atoms with Gasteiger partial charge in [0.15, 0.2) is 0 Å². The summed E-state index contributed by atoms with van der Waals surface area (Å²) in [5.74, 6) is 2.37. The maximum absolute atomic E-state index is 12.8. The van der Waals surface area contributed by atoms with Crippen LogP contribution in [-0.2, 0) is 4.79 Å². The van der Waals surface area contributed by atoms with Crippen LogP contribution in [-0.4, -0.2) is 41.5 Å². The van der Waals surface area contributed by atoms with Gasteiger partial charge < -0.3 is 9.80 Å². The Morgan fingerprint density at radius 3 is 2.86 bits per heavy atom. The number of aromatic nitrogens is 1. The third-order valence-corrected chi connectivity index (χ3v) is 5.44. The van der Waals surface area contributed by atoms with Crippen molar-refractivity contribution >= 4 is 11.7 Å². The van der Waals surface area contributed by atoms with Crippen LogP contribution in [0.25, 0.3) is 0 Å². The van der Waals surface area contributed by atoms with E-state index >= 15 is 0 Å². The normalized spacial score (nSPS) is 31.7. The van der Waals surface area contributed by atoms with Gasteiger partial charge in [0.1, 0.15) is 5.82 Å². The van der Waals surface area contributed by atoms with Gasteiger partial charge in [-0.05, 0) is 50.2 Å². The smallest absolute Gasteiger partial charge is 0.227 e. The topological polar surface area (TPSA) is 36.4 Å². The van der Waals surface area contributed by atoms with Gasteiger partial charge in [-0.3, -0.25) is 4.79 Å². The van der Waals surface area contributed by atoms with Crippen LogP contribution in [0.3, 0.4) is 0 Å². The molecule has 3 fully saturated rings. The monoisotopic (exact) mass is 285 g/mol. The van der Waals surface area contributed by atoms with Crippen LogP contribution in [0.2, 0.25) is 0 Å². The van der Waals surface area contributed by atoms with Gasteiger partial charge in [-0.25, -0.2) is 4.98 Å². The minimum absolute atomic E-state index is 0.167. The SMILES string of the molecule is O=C(C1CCCN(c2ccccn2)C1)N1CC2CCC1C2. The van der Waals surface area contributed by atoms with Crippen molar-refractivity contribution < 1.29 is 4.79 Å². The lowest BCUT2D eigenvalue weighted by atomic mass is 9.95.